The molecule has 0 aromatic heterocycles. The fourth-order valence-corrected chi connectivity index (χ4v) is 2.62. The molecule has 1 rings (SSSR count). The van der Waals surface area contributed by atoms with Crippen LogP contribution in [0.5, 0.6) is 0 Å². The van der Waals surface area contributed by atoms with Crippen LogP contribution in [0.4, 0.5) is 4.79 Å². The van der Waals surface area contributed by atoms with Gasteiger partial charge < -0.3 is 9.84 Å². The molecule has 8 heteroatoms. The molecular weight excluding hydrogens is 248 g/mol. The van der Waals surface area contributed by atoms with Gasteiger partial charge in [0.15, 0.2) is 0 Å². The highest BCUT2D eigenvalue weighted by Crippen LogP contribution is 2.25. The minimum absolute atomic E-state index is 0.00616. The molecule has 0 saturated carbocycles. The van der Waals surface area contributed by atoms with Crippen LogP contribution in [0, 0.1) is 0 Å². The Morgan fingerprint density at radius 1 is 1.53 bits per heavy atom. The fraction of sp³-hybridized carbons (Fsp3) is 0.889. The quantitative estimate of drug-likeness (QED) is 0.736. The summed E-state index contributed by atoms with van der Waals surface area (Å²) >= 11 is 0. The molecule has 0 spiro atoms. The zero-order valence-corrected chi connectivity index (χ0v) is 11.0. The molecule has 0 atom stereocenters. The lowest BCUT2D eigenvalue weighted by Gasteiger charge is -2.44. The zero-order chi connectivity index (χ0) is 13.3. The Hall–Kier alpha value is -0.860. The van der Waals surface area contributed by atoms with Crippen LogP contribution in [-0.2, 0) is 14.9 Å². The minimum Gasteiger partial charge on any atom is -0.446 e. The summed E-state index contributed by atoms with van der Waals surface area (Å²) in [5.41, 5.74) is -0.975. The van der Waals surface area contributed by atoms with Gasteiger partial charge in [0.05, 0.1) is 11.7 Å². The number of nitrogens with one attached hydrogen (secondary N) is 1. The Bertz CT molecular complexity index is 386. The molecule has 2 N–H and O–H groups in total. The van der Waals surface area contributed by atoms with Crippen molar-refractivity contribution < 1.29 is 23.1 Å². The predicted octanol–water partition coefficient (Wildman–Crippen LogP) is -0.178. The maximum absolute atomic E-state index is 11.6. The van der Waals surface area contributed by atoms with Gasteiger partial charge in [-0.1, -0.05) is 6.92 Å². The van der Waals surface area contributed by atoms with E-state index < -0.39 is 28.0 Å². The second kappa shape index (κ2) is 4.79. The smallest absolute Gasteiger partial charge is 0.422 e. The molecule has 100 valence electrons. The largest absolute Gasteiger partial charge is 0.446 e. The number of aliphatic hydroxyl groups is 1. The third-order valence-corrected chi connectivity index (χ3v) is 3.86. The molecule has 0 aromatic rings. The van der Waals surface area contributed by atoms with E-state index >= 15 is 0 Å². The average Bonchev–Trinajstić information content (AvgIpc) is 2.10. The van der Waals surface area contributed by atoms with Gasteiger partial charge in [-0.3, -0.25) is 0 Å². The Morgan fingerprint density at radius 2 is 2.06 bits per heavy atom. The molecule has 17 heavy (non-hydrogen) atoms. The summed E-state index contributed by atoms with van der Waals surface area (Å²) in [5, 5.41) is 9.68. The molecule has 1 saturated heterocycles. The van der Waals surface area contributed by atoms with E-state index in [0.29, 0.717) is 6.42 Å². The standard InChI is InChI=1S/C9H18N2O5S/c1-4-9(13)5-11(6-9)17(14,15)10-8(12)16-7(2)3/h7,13H,4-6H2,1-3H3,(H,10,12). The first-order valence-corrected chi connectivity index (χ1v) is 6.83. The summed E-state index contributed by atoms with van der Waals surface area (Å²) in [6.45, 7) is 4.99. The van der Waals surface area contributed by atoms with Crippen LogP contribution in [0.15, 0.2) is 0 Å². The number of nitrogens with zero attached hydrogens (tertiary/aromatic N) is 1. The summed E-state index contributed by atoms with van der Waals surface area (Å²) in [5.74, 6) is 0. The van der Waals surface area contributed by atoms with E-state index in [9.17, 15) is 18.3 Å². The van der Waals surface area contributed by atoms with E-state index in [2.05, 4.69) is 4.74 Å². The van der Waals surface area contributed by atoms with Gasteiger partial charge in [0.1, 0.15) is 0 Å². The van der Waals surface area contributed by atoms with Crippen molar-refractivity contribution >= 4 is 16.3 Å². The first-order chi connectivity index (χ1) is 7.68. The van der Waals surface area contributed by atoms with E-state index in [1.165, 1.54) is 0 Å². The lowest BCUT2D eigenvalue weighted by atomic mass is 9.94. The number of rotatable bonds is 4. The number of hydrogen-bond donors (Lipinski definition) is 2. The van der Waals surface area contributed by atoms with Crippen LogP contribution in [0.25, 0.3) is 0 Å². The number of carbonyl (C=O) groups is 1. The highest BCUT2D eigenvalue weighted by atomic mass is 32.2. The van der Waals surface area contributed by atoms with Gasteiger partial charge in [-0.25, -0.2) is 9.52 Å². The number of hydrogen-bond acceptors (Lipinski definition) is 5. The van der Waals surface area contributed by atoms with Crippen molar-refractivity contribution in [2.75, 3.05) is 13.1 Å². The van der Waals surface area contributed by atoms with Crippen molar-refractivity contribution in [3.05, 3.63) is 0 Å². The molecule has 0 radical (unpaired) electrons. The third-order valence-electron chi connectivity index (χ3n) is 2.49. The second-order valence-electron chi connectivity index (χ2n) is 4.41. The lowest BCUT2D eigenvalue weighted by molar-refractivity contribution is -0.0618. The van der Waals surface area contributed by atoms with Crippen LogP contribution in [0.1, 0.15) is 27.2 Å². The molecule has 1 aliphatic heterocycles. The normalized spacial score (nSPS) is 19.8. The van der Waals surface area contributed by atoms with Gasteiger partial charge in [-0.15, -0.1) is 0 Å². The molecule has 1 amide bonds. The Labute approximate surface area is 101 Å². The fourth-order valence-electron chi connectivity index (χ4n) is 1.41. The topological polar surface area (TPSA) is 95.9 Å². The van der Waals surface area contributed by atoms with Crippen LogP contribution in [-0.4, -0.2) is 48.7 Å². The van der Waals surface area contributed by atoms with Crippen LogP contribution in [0.3, 0.4) is 0 Å². The van der Waals surface area contributed by atoms with E-state index in [4.69, 9.17) is 0 Å². The maximum Gasteiger partial charge on any atom is 0.422 e. The Balaban J connectivity index is 2.52. The molecule has 1 heterocycles. The SMILES string of the molecule is CCC1(O)CN(S(=O)(=O)NC(=O)OC(C)C)C1. The Kier molecular flexibility index (Phi) is 4.00. The summed E-state index contributed by atoms with van der Waals surface area (Å²) in [4.78, 5) is 11.1. The van der Waals surface area contributed by atoms with Gasteiger partial charge >= 0.3 is 16.3 Å². The zero-order valence-electron chi connectivity index (χ0n) is 10.1. The van der Waals surface area contributed by atoms with Gasteiger partial charge in [0, 0.05) is 13.1 Å². The molecule has 1 aliphatic rings. The lowest BCUT2D eigenvalue weighted by Crippen LogP contribution is -2.65. The molecule has 1 fully saturated rings. The maximum atomic E-state index is 11.6. The monoisotopic (exact) mass is 266 g/mol. The molecular formula is C9H18N2O5S. The van der Waals surface area contributed by atoms with Crippen LogP contribution >= 0.6 is 0 Å². The number of amides is 1. The van der Waals surface area contributed by atoms with Crippen molar-refractivity contribution in [1.29, 1.82) is 0 Å². The Morgan fingerprint density at radius 3 is 2.47 bits per heavy atom. The molecule has 0 bridgehead atoms. The van der Waals surface area contributed by atoms with Gasteiger partial charge in [-0.2, -0.15) is 12.7 Å². The summed E-state index contributed by atoms with van der Waals surface area (Å²) in [6.07, 6.45) is -0.934. The van der Waals surface area contributed by atoms with Crippen molar-refractivity contribution in [3.63, 3.8) is 0 Å². The van der Waals surface area contributed by atoms with E-state index in [0.717, 1.165) is 4.31 Å². The van der Waals surface area contributed by atoms with Crippen molar-refractivity contribution in [1.82, 2.24) is 9.03 Å². The molecule has 7 nitrogen and oxygen atoms in total. The van der Waals surface area contributed by atoms with Crippen molar-refractivity contribution in [3.8, 4) is 0 Å². The predicted molar refractivity (Wildman–Crippen MR) is 60.5 cm³/mol. The van der Waals surface area contributed by atoms with E-state index in [1.807, 2.05) is 0 Å². The average molecular weight is 266 g/mol. The molecule has 0 unspecified atom stereocenters. The molecule has 0 aromatic carbocycles. The van der Waals surface area contributed by atoms with Crippen LogP contribution < -0.4 is 4.72 Å². The summed E-state index contributed by atoms with van der Waals surface area (Å²) in [6, 6.07) is 0. The minimum atomic E-state index is -3.90. The third kappa shape index (κ3) is 3.55. The first kappa shape index (κ1) is 14.2. The first-order valence-electron chi connectivity index (χ1n) is 5.39. The second-order valence-corrected chi connectivity index (χ2v) is 6.08. The van der Waals surface area contributed by atoms with Gasteiger partial charge in [0.25, 0.3) is 0 Å². The number of ether oxygens (including phenoxy) is 1. The highest BCUT2D eigenvalue weighted by Gasteiger charge is 2.46. The van der Waals surface area contributed by atoms with Gasteiger partial charge in [0.2, 0.25) is 0 Å². The van der Waals surface area contributed by atoms with E-state index in [-0.39, 0.29) is 13.1 Å². The van der Waals surface area contributed by atoms with Crippen molar-refractivity contribution in [2.45, 2.75) is 38.9 Å². The van der Waals surface area contributed by atoms with Crippen LogP contribution in [0.2, 0.25) is 0 Å². The van der Waals surface area contributed by atoms with Crippen molar-refractivity contribution in [2.24, 2.45) is 0 Å². The summed E-state index contributed by atoms with van der Waals surface area (Å²) < 4.78 is 30.7. The number of carbonyl (C=O) groups excluding carboxylic acids is 1. The number of β-amino-alcohol motifs (C(OH)–C–C–N with tert-alkyl or cyclic N) is 1. The molecule has 0 aliphatic carbocycles. The summed E-state index contributed by atoms with van der Waals surface area (Å²) in [7, 11) is -3.90. The van der Waals surface area contributed by atoms with E-state index in [1.54, 1.807) is 25.5 Å². The van der Waals surface area contributed by atoms with Gasteiger partial charge in [-0.05, 0) is 20.3 Å². The highest BCUT2D eigenvalue weighted by molar-refractivity contribution is 7.87.